The SMILES string of the molecule is C=CC(=O)Oc1cc(/C=C/C(=O)c2ccc(OC(=O)C=C)c(OC(=O)C=C)c2)ccc1Cl. The van der Waals surface area contributed by atoms with Crippen LogP contribution in [0.4, 0.5) is 0 Å². The normalized spacial score (nSPS) is 10.2. The molecule has 8 heteroatoms. The Balaban J connectivity index is 2.29. The van der Waals surface area contributed by atoms with Crippen molar-refractivity contribution in [1.82, 2.24) is 0 Å². The molecule has 0 saturated heterocycles. The molecule has 32 heavy (non-hydrogen) atoms. The number of esters is 3. The summed E-state index contributed by atoms with van der Waals surface area (Å²) in [6.07, 6.45) is 5.59. The highest BCUT2D eigenvalue weighted by Crippen LogP contribution is 2.30. The summed E-state index contributed by atoms with van der Waals surface area (Å²) < 4.78 is 15.1. The maximum atomic E-state index is 12.6. The summed E-state index contributed by atoms with van der Waals surface area (Å²) in [6.45, 7) is 9.90. The van der Waals surface area contributed by atoms with Crippen LogP contribution in [0.1, 0.15) is 15.9 Å². The van der Waals surface area contributed by atoms with E-state index in [-0.39, 0.29) is 27.8 Å². The van der Waals surface area contributed by atoms with Crippen LogP contribution in [0, 0.1) is 0 Å². The van der Waals surface area contributed by atoms with Gasteiger partial charge in [0.1, 0.15) is 5.75 Å². The fraction of sp³-hybridized carbons (Fsp3) is 0. The quantitative estimate of drug-likeness (QED) is 0.239. The van der Waals surface area contributed by atoms with E-state index < -0.39 is 23.7 Å². The minimum atomic E-state index is -0.802. The van der Waals surface area contributed by atoms with E-state index in [9.17, 15) is 19.2 Å². The molecule has 2 rings (SSSR count). The van der Waals surface area contributed by atoms with Crippen molar-refractivity contribution in [3.63, 3.8) is 0 Å². The van der Waals surface area contributed by atoms with Gasteiger partial charge >= 0.3 is 17.9 Å². The lowest BCUT2D eigenvalue weighted by atomic mass is 10.1. The molecule has 0 fully saturated rings. The molecule has 0 bridgehead atoms. The smallest absolute Gasteiger partial charge is 0.335 e. The van der Waals surface area contributed by atoms with Gasteiger partial charge in [-0.3, -0.25) is 4.79 Å². The minimum Gasteiger partial charge on any atom is -0.422 e. The Labute approximate surface area is 188 Å². The number of ketones is 1. The topological polar surface area (TPSA) is 96.0 Å². The zero-order valence-electron chi connectivity index (χ0n) is 16.7. The number of rotatable bonds is 9. The van der Waals surface area contributed by atoms with Gasteiger partial charge in [-0.2, -0.15) is 0 Å². The predicted octanol–water partition coefficient (Wildman–Crippen LogP) is 4.51. The molecule has 0 spiro atoms. The summed E-state index contributed by atoms with van der Waals surface area (Å²) in [4.78, 5) is 47.0. The van der Waals surface area contributed by atoms with Gasteiger partial charge in [0, 0.05) is 23.8 Å². The zero-order chi connectivity index (χ0) is 23.7. The molecule has 7 nitrogen and oxygen atoms in total. The van der Waals surface area contributed by atoms with Crippen LogP contribution < -0.4 is 14.2 Å². The van der Waals surface area contributed by atoms with Crippen LogP contribution in [0.25, 0.3) is 6.08 Å². The summed E-state index contributed by atoms with van der Waals surface area (Å²) >= 11 is 6.00. The number of hydrogen-bond acceptors (Lipinski definition) is 7. The van der Waals surface area contributed by atoms with E-state index in [1.165, 1.54) is 42.5 Å². The first kappa shape index (κ1) is 24.0. The number of benzene rings is 2. The summed E-state index contributed by atoms with van der Waals surface area (Å²) in [5, 5.41) is 0.210. The first-order valence-electron chi connectivity index (χ1n) is 8.96. The van der Waals surface area contributed by atoms with E-state index in [4.69, 9.17) is 25.8 Å². The number of allylic oxidation sites excluding steroid dienone is 1. The van der Waals surface area contributed by atoms with E-state index in [1.54, 1.807) is 6.07 Å². The fourth-order valence-corrected chi connectivity index (χ4v) is 2.40. The molecule has 0 aromatic heterocycles. The lowest BCUT2D eigenvalue weighted by Gasteiger charge is -2.09. The van der Waals surface area contributed by atoms with Crippen molar-refractivity contribution in [3.05, 3.63) is 96.6 Å². The highest BCUT2D eigenvalue weighted by Gasteiger charge is 2.15. The Kier molecular flexibility index (Phi) is 8.45. The van der Waals surface area contributed by atoms with Gasteiger partial charge in [-0.25, -0.2) is 14.4 Å². The van der Waals surface area contributed by atoms with Crippen molar-refractivity contribution >= 4 is 41.4 Å². The molecule has 0 amide bonds. The predicted molar refractivity (Wildman–Crippen MR) is 119 cm³/mol. The lowest BCUT2D eigenvalue weighted by molar-refractivity contribution is -0.131. The van der Waals surface area contributed by atoms with Crippen LogP contribution in [-0.4, -0.2) is 23.7 Å². The van der Waals surface area contributed by atoms with Crippen LogP contribution in [0.5, 0.6) is 17.2 Å². The van der Waals surface area contributed by atoms with Crippen molar-refractivity contribution in [1.29, 1.82) is 0 Å². The molecule has 0 aliphatic rings. The average molecular weight is 453 g/mol. The summed E-state index contributed by atoms with van der Waals surface area (Å²) in [5.41, 5.74) is 0.684. The first-order chi connectivity index (χ1) is 15.3. The van der Waals surface area contributed by atoms with E-state index in [2.05, 4.69) is 19.7 Å². The second kappa shape index (κ2) is 11.2. The first-order valence-corrected chi connectivity index (χ1v) is 9.34. The third-order valence-corrected chi connectivity index (χ3v) is 4.05. The second-order valence-electron chi connectivity index (χ2n) is 5.92. The average Bonchev–Trinajstić information content (AvgIpc) is 2.79. The monoisotopic (exact) mass is 452 g/mol. The van der Waals surface area contributed by atoms with Crippen LogP contribution in [0.15, 0.2) is 80.4 Å². The molecule has 0 atom stereocenters. The third kappa shape index (κ3) is 6.65. The van der Waals surface area contributed by atoms with E-state index in [1.807, 2.05) is 0 Å². The molecule has 0 aliphatic heterocycles. The Hall–Kier alpha value is -4.23. The van der Waals surface area contributed by atoms with Crippen molar-refractivity contribution in [2.45, 2.75) is 0 Å². The van der Waals surface area contributed by atoms with Crippen LogP contribution in [-0.2, 0) is 14.4 Å². The van der Waals surface area contributed by atoms with Gasteiger partial charge in [-0.05, 0) is 42.0 Å². The standard InChI is InChI=1S/C24H17ClO7/c1-4-22(27)30-19-12-9-16(14-21(19)32-24(29)6-3)18(26)11-8-15-7-10-17(25)20(13-15)31-23(28)5-2/h4-14H,1-3H2/b11-8+. The van der Waals surface area contributed by atoms with Crippen LogP contribution in [0.3, 0.4) is 0 Å². The van der Waals surface area contributed by atoms with Crippen molar-refractivity contribution in [2.75, 3.05) is 0 Å². The van der Waals surface area contributed by atoms with Gasteiger partial charge < -0.3 is 14.2 Å². The molecule has 0 saturated carbocycles. The van der Waals surface area contributed by atoms with E-state index in [0.29, 0.717) is 5.56 Å². The Morgan fingerprint density at radius 1 is 0.719 bits per heavy atom. The Morgan fingerprint density at radius 3 is 1.88 bits per heavy atom. The summed E-state index contributed by atoms with van der Waals surface area (Å²) in [7, 11) is 0. The largest absolute Gasteiger partial charge is 0.422 e. The molecule has 0 unspecified atom stereocenters. The number of ether oxygens (including phenoxy) is 3. The molecule has 162 valence electrons. The van der Waals surface area contributed by atoms with E-state index >= 15 is 0 Å². The number of halogens is 1. The molecule has 2 aromatic carbocycles. The van der Waals surface area contributed by atoms with Crippen molar-refractivity contribution in [2.24, 2.45) is 0 Å². The Morgan fingerprint density at radius 2 is 1.28 bits per heavy atom. The molecule has 0 heterocycles. The van der Waals surface area contributed by atoms with Gasteiger partial charge in [0.05, 0.1) is 5.02 Å². The van der Waals surface area contributed by atoms with Gasteiger partial charge in [-0.15, -0.1) is 0 Å². The van der Waals surface area contributed by atoms with E-state index in [0.717, 1.165) is 18.2 Å². The molecule has 2 aromatic rings. The van der Waals surface area contributed by atoms with Gasteiger partial charge in [0.15, 0.2) is 17.3 Å². The zero-order valence-corrected chi connectivity index (χ0v) is 17.5. The maximum Gasteiger partial charge on any atom is 0.335 e. The number of carbonyl (C=O) groups is 4. The summed E-state index contributed by atoms with van der Waals surface area (Å²) in [5.74, 6) is -2.80. The fourth-order valence-electron chi connectivity index (χ4n) is 2.25. The van der Waals surface area contributed by atoms with Gasteiger partial charge in [0.25, 0.3) is 0 Å². The maximum absolute atomic E-state index is 12.6. The molecular formula is C24H17ClO7. The Bertz CT molecular complexity index is 1150. The lowest BCUT2D eigenvalue weighted by Crippen LogP contribution is -2.09. The van der Waals surface area contributed by atoms with Crippen molar-refractivity contribution < 1.29 is 33.4 Å². The van der Waals surface area contributed by atoms with Gasteiger partial charge in [-0.1, -0.05) is 43.5 Å². The summed E-state index contributed by atoms with van der Waals surface area (Å²) in [6, 6.07) is 8.55. The van der Waals surface area contributed by atoms with Gasteiger partial charge in [0.2, 0.25) is 0 Å². The highest BCUT2D eigenvalue weighted by atomic mass is 35.5. The third-order valence-electron chi connectivity index (χ3n) is 3.74. The van der Waals surface area contributed by atoms with Crippen molar-refractivity contribution in [3.8, 4) is 17.2 Å². The second-order valence-corrected chi connectivity index (χ2v) is 6.33. The van der Waals surface area contributed by atoms with Crippen LogP contribution >= 0.6 is 11.6 Å². The molecule has 0 radical (unpaired) electrons. The molecule has 0 N–H and O–H groups in total. The molecule has 0 aliphatic carbocycles. The highest BCUT2D eigenvalue weighted by molar-refractivity contribution is 6.32. The molecular weight excluding hydrogens is 436 g/mol. The van der Waals surface area contributed by atoms with Crippen LogP contribution in [0.2, 0.25) is 5.02 Å². The minimum absolute atomic E-state index is 0.0722. The number of carbonyl (C=O) groups excluding carboxylic acids is 4. The number of hydrogen-bond donors (Lipinski definition) is 0.